The zero-order valence-electron chi connectivity index (χ0n) is 23.2. The van der Waals surface area contributed by atoms with Gasteiger partial charge in [-0.25, -0.2) is 4.98 Å². The van der Waals surface area contributed by atoms with E-state index >= 15 is 0 Å². The van der Waals surface area contributed by atoms with E-state index in [0.29, 0.717) is 35.7 Å². The van der Waals surface area contributed by atoms with Crippen LogP contribution in [0.5, 0.6) is 0 Å². The van der Waals surface area contributed by atoms with Crippen LogP contribution in [0.3, 0.4) is 0 Å². The number of oxazole rings is 1. The zero-order valence-corrected chi connectivity index (χ0v) is 24.7. The van der Waals surface area contributed by atoms with Gasteiger partial charge in [-0.3, -0.25) is 4.79 Å². The lowest BCUT2D eigenvalue weighted by molar-refractivity contribution is -0.905. The van der Waals surface area contributed by atoms with E-state index < -0.39 is 11.5 Å². The van der Waals surface area contributed by atoms with Gasteiger partial charge >= 0.3 is 0 Å². The minimum Gasteiger partial charge on any atom is -1.00 e. The number of hydrogen-bond donors (Lipinski definition) is 2. The average molecular weight is 601 g/mol. The summed E-state index contributed by atoms with van der Waals surface area (Å²) in [5.74, 6) is 0.802. The first-order chi connectivity index (χ1) is 18.3. The number of primary amides is 1. The van der Waals surface area contributed by atoms with Gasteiger partial charge in [-0.2, -0.15) is 0 Å². The summed E-state index contributed by atoms with van der Waals surface area (Å²) in [4.78, 5) is 15.9. The third-order valence-corrected chi connectivity index (χ3v) is 7.72. The summed E-state index contributed by atoms with van der Waals surface area (Å²) in [5.41, 5.74) is 6.41. The molecule has 1 amide bonds. The summed E-state index contributed by atoms with van der Waals surface area (Å²) in [6, 6.07) is 17.0. The lowest BCUT2D eigenvalue weighted by Gasteiger charge is -2.35. The normalized spacial score (nSPS) is 16.5. The Balaban J connectivity index is 0.00000420. The van der Waals surface area contributed by atoms with Crippen LogP contribution in [0, 0.1) is 5.92 Å². The molecule has 3 aromatic rings. The highest BCUT2D eigenvalue weighted by atomic mass is 79.9. The van der Waals surface area contributed by atoms with Crippen LogP contribution in [-0.4, -0.2) is 47.7 Å². The standard InChI is InChI=1S/C31H41N3O4.BrH/c1-34(2,19-20-37-23-24-15-17-25(18-16-24)29(32)35)22-28-21-33-30(38-28)31(36,27-13-9-6-10-14-27)26-11-7-4-3-5-8-12-26;/h6,9-10,13-18,21,26,36H,3-5,7-8,11-12,19-20,22-23H2,1-2H3,(H-,32,35);1H. The van der Waals surface area contributed by atoms with E-state index in [-0.39, 0.29) is 22.9 Å². The van der Waals surface area contributed by atoms with Gasteiger partial charge in [0, 0.05) is 11.5 Å². The van der Waals surface area contributed by atoms with Crippen molar-refractivity contribution in [2.75, 3.05) is 27.2 Å². The maximum atomic E-state index is 12.2. The Labute approximate surface area is 242 Å². The Kier molecular flexibility index (Phi) is 11.3. The molecule has 0 bridgehead atoms. The lowest BCUT2D eigenvalue weighted by Crippen LogP contribution is -3.00. The third kappa shape index (κ3) is 8.24. The molecule has 1 aromatic heterocycles. The van der Waals surface area contributed by atoms with Gasteiger partial charge in [-0.15, -0.1) is 0 Å². The monoisotopic (exact) mass is 599 g/mol. The molecule has 212 valence electrons. The molecule has 1 aliphatic rings. The Morgan fingerprint density at radius 1 is 1.05 bits per heavy atom. The summed E-state index contributed by atoms with van der Waals surface area (Å²) < 4.78 is 12.9. The maximum Gasteiger partial charge on any atom is 0.248 e. The fraction of sp³-hybridized carbons (Fsp3) is 0.484. The predicted octanol–water partition coefficient (Wildman–Crippen LogP) is 2.17. The summed E-state index contributed by atoms with van der Waals surface area (Å²) in [6.07, 6.45) is 9.64. The van der Waals surface area contributed by atoms with E-state index in [1.807, 2.05) is 42.5 Å². The number of rotatable bonds is 11. The molecule has 1 fully saturated rings. The van der Waals surface area contributed by atoms with Gasteiger partial charge in [0.2, 0.25) is 11.8 Å². The molecule has 1 heterocycles. The molecule has 2 aromatic carbocycles. The molecular formula is C31H42BrN3O4. The number of carbonyl (C=O) groups excluding carboxylic acids is 1. The fourth-order valence-electron chi connectivity index (χ4n) is 5.42. The number of halogens is 1. The Morgan fingerprint density at radius 2 is 1.69 bits per heavy atom. The van der Waals surface area contributed by atoms with E-state index in [4.69, 9.17) is 14.9 Å². The quantitative estimate of drug-likeness (QED) is 0.260. The number of hydrogen-bond acceptors (Lipinski definition) is 5. The van der Waals surface area contributed by atoms with E-state index in [0.717, 1.165) is 49.1 Å². The largest absolute Gasteiger partial charge is 1.00 e. The van der Waals surface area contributed by atoms with Crippen molar-refractivity contribution in [2.24, 2.45) is 11.7 Å². The van der Waals surface area contributed by atoms with Crippen LogP contribution >= 0.6 is 0 Å². The molecule has 1 unspecified atom stereocenters. The zero-order chi connectivity index (χ0) is 27.0. The number of carbonyl (C=O) groups is 1. The highest BCUT2D eigenvalue weighted by Crippen LogP contribution is 2.42. The molecule has 0 aliphatic heterocycles. The van der Waals surface area contributed by atoms with Crippen LogP contribution < -0.4 is 22.7 Å². The maximum absolute atomic E-state index is 12.2. The number of likely N-dealkylation sites (N-methyl/N-ethyl adjacent to an activating group) is 1. The van der Waals surface area contributed by atoms with Gasteiger partial charge in [0.25, 0.3) is 0 Å². The highest BCUT2D eigenvalue weighted by molar-refractivity contribution is 5.92. The molecular weight excluding hydrogens is 558 g/mol. The van der Waals surface area contributed by atoms with Crippen LogP contribution in [0.15, 0.2) is 65.2 Å². The van der Waals surface area contributed by atoms with Gasteiger partial charge < -0.3 is 41.5 Å². The SMILES string of the molecule is C[N+](C)(CCOCc1ccc(C(N)=O)cc1)Cc1cnc(C(O)(c2ccccc2)C2CCCCCCC2)o1.[Br-]. The average Bonchev–Trinajstić information content (AvgIpc) is 3.35. The number of quaternary nitrogens is 1. The lowest BCUT2D eigenvalue weighted by atomic mass is 9.74. The van der Waals surface area contributed by atoms with Crippen molar-refractivity contribution in [1.29, 1.82) is 0 Å². The Bertz CT molecular complexity index is 1160. The Morgan fingerprint density at radius 3 is 2.33 bits per heavy atom. The molecule has 0 saturated heterocycles. The number of aliphatic hydroxyl groups is 1. The topological polar surface area (TPSA) is 98.6 Å². The van der Waals surface area contributed by atoms with Crippen molar-refractivity contribution < 1.29 is 40.5 Å². The minimum atomic E-state index is -1.23. The van der Waals surface area contributed by atoms with Gasteiger partial charge in [-0.1, -0.05) is 74.6 Å². The van der Waals surface area contributed by atoms with Crippen molar-refractivity contribution >= 4 is 5.91 Å². The Hall–Kier alpha value is -2.52. The highest BCUT2D eigenvalue weighted by Gasteiger charge is 2.44. The van der Waals surface area contributed by atoms with Crippen molar-refractivity contribution in [3.8, 4) is 0 Å². The summed E-state index contributed by atoms with van der Waals surface area (Å²) in [7, 11) is 4.26. The van der Waals surface area contributed by atoms with E-state index in [1.165, 1.54) is 19.3 Å². The second kappa shape index (κ2) is 14.2. The number of ether oxygens (including phenoxy) is 1. The summed E-state index contributed by atoms with van der Waals surface area (Å²) >= 11 is 0. The van der Waals surface area contributed by atoms with Crippen molar-refractivity contribution in [3.63, 3.8) is 0 Å². The molecule has 8 heteroatoms. The van der Waals surface area contributed by atoms with Crippen molar-refractivity contribution in [2.45, 2.75) is 63.7 Å². The molecule has 4 rings (SSSR count). The smallest absolute Gasteiger partial charge is 0.248 e. The molecule has 1 aliphatic carbocycles. The first-order valence-corrected chi connectivity index (χ1v) is 13.8. The molecule has 1 atom stereocenters. The van der Waals surface area contributed by atoms with E-state index in [2.05, 4.69) is 19.1 Å². The predicted molar refractivity (Wildman–Crippen MR) is 147 cm³/mol. The third-order valence-electron chi connectivity index (χ3n) is 7.72. The van der Waals surface area contributed by atoms with Crippen LogP contribution in [0.1, 0.15) is 78.1 Å². The number of aromatic nitrogens is 1. The van der Waals surface area contributed by atoms with Crippen LogP contribution in [-0.2, 0) is 23.5 Å². The summed E-state index contributed by atoms with van der Waals surface area (Å²) in [5, 5.41) is 12.2. The van der Waals surface area contributed by atoms with Crippen molar-refractivity contribution in [1.82, 2.24) is 4.98 Å². The van der Waals surface area contributed by atoms with Gasteiger partial charge in [0.1, 0.15) is 13.1 Å². The molecule has 39 heavy (non-hydrogen) atoms. The van der Waals surface area contributed by atoms with Crippen LogP contribution in [0.25, 0.3) is 0 Å². The van der Waals surface area contributed by atoms with Crippen molar-refractivity contribution in [3.05, 3.63) is 89.1 Å². The second-order valence-electron chi connectivity index (χ2n) is 11.2. The minimum absolute atomic E-state index is 0. The number of nitrogens with two attached hydrogens (primary N) is 1. The number of benzene rings is 2. The first-order valence-electron chi connectivity index (χ1n) is 13.8. The molecule has 7 nitrogen and oxygen atoms in total. The summed E-state index contributed by atoms with van der Waals surface area (Å²) in [6.45, 7) is 2.46. The van der Waals surface area contributed by atoms with Crippen LogP contribution in [0.4, 0.5) is 0 Å². The second-order valence-corrected chi connectivity index (χ2v) is 11.2. The molecule has 0 spiro atoms. The first kappa shape index (κ1) is 31.0. The van der Waals surface area contributed by atoms with E-state index in [9.17, 15) is 9.90 Å². The van der Waals surface area contributed by atoms with E-state index in [1.54, 1.807) is 18.3 Å². The number of nitrogens with zero attached hydrogens (tertiary/aromatic N) is 2. The fourth-order valence-corrected chi connectivity index (χ4v) is 5.42. The van der Waals surface area contributed by atoms with Gasteiger partial charge in [0.15, 0.2) is 11.4 Å². The van der Waals surface area contributed by atoms with Gasteiger partial charge in [0.05, 0.1) is 33.5 Å². The van der Waals surface area contributed by atoms with Gasteiger partial charge in [-0.05, 0) is 36.1 Å². The molecule has 3 N–H and O–H groups in total. The molecule has 1 saturated carbocycles. The molecule has 0 radical (unpaired) electrons. The number of amides is 1. The van der Waals surface area contributed by atoms with Crippen LogP contribution in [0.2, 0.25) is 0 Å².